The predicted octanol–water partition coefficient (Wildman–Crippen LogP) is 1.89. The molecule has 0 saturated carbocycles. The van der Waals surface area contributed by atoms with Crippen LogP contribution in [0.15, 0.2) is 24.8 Å². The Bertz CT molecular complexity index is 503. The van der Waals surface area contributed by atoms with Crippen molar-refractivity contribution in [3.05, 3.63) is 42.0 Å². The molecule has 102 valence electrons. The van der Waals surface area contributed by atoms with Crippen LogP contribution in [-0.2, 0) is 13.0 Å². The molecule has 0 amide bonds. The van der Waals surface area contributed by atoms with Crippen LogP contribution in [0.5, 0.6) is 0 Å². The first-order valence-corrected chi connectivity index (χ1v) is 6.76. The second-order valence-corrected chi connectivity index (χ2v) is 4.53. The molecule has 1 N–H and O–H groups in total. The minimum atomic E-state index is 0.158. The highest BCUT2D eigenvalue weighted by Gasteiger charge is 2.15. The summed E-state index contributed by atoms with van der Waals surface area (Å²) in [7, 11) is 0. The van der Waals surface area contributed by atoms with Crippen molar-refractivity contribution >= 4 is 0 Å². The number of aryl methyl sites for hydroxylation is 2. The molecular weight excluding hydrogens is 238 g/mol. The fraction of sp³-hybridized carbons (Fsp3) is 0.500. The van der Waals surface area contributed by atoms with Crippen LogP contribution in [0, 0.1) is 6.92 Å². The molecule has 19 heavy (non-hydrogen) atoms. The molecule has 5 nitrogen and oxygen atoms in total. The molecule has 0 spiro atoms. The van der Waals surface area contributed by atoms with E-state index in [-0.39, 0.29) is 6.04 Å². The SMILES string of the molecule is CCNC(Cc1nccn1CC)c1cnc(C)cn1. The van der Waals surface area contributed by atoms with Crippen molar-refractivity contribution < 1.29 is 0 Å². The standard InChI is InChI=1S/C14H21N5/c1-4-15-12(13-10-17-11(3)9-18-13)8-14-16-6-7-19(14)5-2/h6-7,9-10,12,15H,4-5,8H2,1-3H3. The van der Waals surface area contributed by atoms with Crippen LogP contribution in [0.4, 0.5) is 0 Å². The molecule has 2 heterocycles. The number of aromatic nitrogens is 4. The van der Waals surface area contributed by atoms with E-state index in [1.807, 2.05) is 31.7 Å². The summed E-state index contributed by atoms with van der Waals surface area (Å²) in [5.74, 6) is 1.08. The zero-order chi connectivity index (χ0) is 13.7. The molecule has 2 rings (SSSR count). The van der Waals surface area contributed by atoms with Gasteiger partial charge in [0.1, 0.15) is 5.82 Å². The van der Waals surface area contributed by atoms with E-state index in [2.05, 4.69) is 38.7 Å². The lowest BCUT2D eigenvalue weighted by Crippen LogP contribution is -2.25. The predicted molar refractivity (Wildman–Crippen MR) is 74.8 cm³/mol. The van der Waals surface area contributed by atoms with Gasteiger partial charge < -0.3 is 9.88 Å². The third kappa shape index (κ3) is 3.38. The molecule has 5 heteroatoms. The normalized spacial score (nSPS) is 12.6. The fourth-order valence-corrected chi connectivity index (χ4v) is 2.11. The van der Waals surface area contributed by atoms with Crippen LogP contribution >= 0.6 is 0 Å². The van der Waals surface area contributed by atoms with Crippen molar-refractivity contribution in [3.8, 4) is 0 Å². The average Bonchev–Trinajstić information content (AvgIpc) is 2.86. The average molecular weight is 259 g/mol. The summed E-state index contributed by atoms with van der Waals surface area (Å²) in [5, 5.41) is 3.45. The van der Waals surface area contributed by atoms with E-state index in [0.29, 0.717) is 0 Å². The number of rotatable bonds is 6. The molecule has 0 radical (unpaired) electrons. The zero-order valence-electron chi connectivity index (χ0n) is 11.8. The third-order valence-electron chi connectivity index (χ3n) is 3.14. The van der Waals surface area contributed by atoms with E-state index in [0.717, 1.165) is 36.7 Å². The molecule has 2 aromatic heterocycles. The number of hydrogen-bond donors (Lipinski definition) is 1. The molecule has 2 aromatic rings. The molecule has 0 bridgehead atoms. The van der Waals surface area contributed by atoms with Crippen molar-refractivity contribution in [2.75, 3.05) is 6.54 Å². The Balaban J connectivity index is 2.18. The number of nitrogens with one attached hydrogen (secondary N) is 1. The Hall–Kier alpha value is -1.75. The summed E-state index contributed by atoms with van der Waals surface area (Å²) < 4.78 is 2.16. The van der Waals surface area contributed by atoms with Gasteiger partial charge in [0.25, 0.3) is 0 Å². The molecule has 0 aliphatic carbocycles. The van der Waals surface area contributed by atoms with E-state index in [1.54, 1.807) is 0 Å². The third-order valence-corrected chi connectivity index (χ3v) is 3.14. The number of likely N-dealkylation sites (N-methyl/N-ethyl adjacent to an activating group) is 1. The summed E-state index contributed by atoms with van der Waals surface area (Å²) >= 11 is 0. The van der Waals surface area contributed by atoms with Crippen LogP contribution in [0.1, 0.15) is 37.1 Å². The van der Waals surface area contributed by atoms with Crippen LogP contribution in [0.2, 0.25) is 0 Å². The molecule has 1 atom stereocenters. The minimum Gasteiger partial charge on any atom is -0.335 e. The number of imidazole rings is 1. The Morgan fingerprint density at radius 1 is 1.21 bits per heavy atom. The quantitative estimate of drug-likeness (QED) is 0.860. The number of hydrogen-bond acceptors (Lipinski definition) is 4. The maximum Gasteiger partial charge on any atom is 0.110 e. The second kappa shape index (κ2) is 6.43. The molecule has 0 fully saturated rings. The maximum atomic E-state index is 4.47. The highest BCUT2D eigenvalue weighted by Crippen LogP contribution is 2.15. The molecule has 0 aromatic carbocycles. The second-order valence-electron chi connectivity index (χ2n) is 4.53. The lowest BCUT2D eigenvalue weighted by atomic mass is 10.1. The van der Waals surface area contributed by atoms with Crippen molar-refractivity contribution in [2.24, 2.45) is 0 Å². The van der Waals surface area contributed by atoms with E-state index in [9.17, 15) is 0 Å². The van der Waals surface area contributed by atoms with Crippen LogP contribution in [0.25, 0.3) is 0 Å². The summed E-state index contributed by atoms with van der Waals surface area (Å²) in [5.41, 5.74) is 1.91. The summed E-state index contributed by atoms with van der Waals surface area (Å²) in [6, 6.07) is 0.158. The first-order valence-electron chi connectivity index (χ1n) is 6.76. The van der Waals surface area contributed by atoms with Crippen molar-refractivity contribution in [1.29, 1.82) is 0 Å². The van der Waals surface area contributed by atoms with Crippen LogP contribution in [0.3, 0.4) is 0 Å². The van der Waals surface area contributed by atoms with Gasteiger partial charge in [0.15, 0.2) is 0 Å². The van der Waals surface area contributed by atoms with Gasteiger partial charge in [0, 0.05) is 31.6 Å². The largest absolute Gasteiger partial charge is 0.335 e. The summed E-state index contributed by atoms with van der Waals surface area (Å²) in [6.45, 7) is 8.00. The first-order chi connectivity index (χ1) is 9.24. The van der Waals surface area contributed by atoms with Gasteiger partial charge in [-0.15, -0.1) is 0 Å². The topological polar surface area (TPSA) is 55.6 Å². The highest BCUT2D eigenvalue weighted by atomic mass is 15.1. The summed E-state index contributed by atoms with van der Waals surface area (Å²) in [6.07, 6.45) is 8.35. The van der Waals surface area contributed by atoms with Crippen LogP contribution < -0.4 is 5.32 Å². The molecule has 1 unspecified atom stereocenters. The Kier molecular flexibility index (Phi) is 4.63. The van der Waals surface area contributed by atoms with E-state index in [1.165, 1.54) is 0 Å². The first kappa shape index (κ1) is 13.7. The van der Waals surface area contributed by atoms with Crippen molar-refractivity contribution in [1.82, 2.24) is 24.8 Å². The van der Waals surface area contributed by atoms with Crippen molar-refractivity contribution in [3.63, 3.8) is 0 Å². The minimum absolute atomic E-state index is 0.158. The van der Waals surface area contributed by atoms with Gasteiger partial charge in [-0.05, 0) is 20.4 Å². The van der Waals surface area contributed by atoms with Gasteiger partial charge in [-0.25, -0.2) is 4.98 Å². The van der Waals surface area contributed by atoms with Gasteiger partial charge in [-0.3, -0.25) is 9.97 Å². The smallest absolute Gasteiger partial charge is 0.110 e. The lowest BCUT2D eigenvalue weighted by Gasteiger charge is -2.17. The van der Waals surface area contributed by atoms with Gasteiger partial charge in [-0.2, -0.15) is 0 Å². The van der Waals surface area contributed by atoms with E-state index < -0.39 is 0 Å². The Morgan fingerprint density at radius 3 is 2.68 bits per heavy atom. The highest BCUT2D eigenvalue weighted by molar-refractivity contribution is 5.09. The van der Waals surface area contributed by atoms with E-state index >= 15 is 0 Å². The monoisotopic (exact) mass is 259 g/mol. The van der Waals surface area contributed by atoms with E-state index in [4.69, 9.17) is 0 Å². The van der Waals surface area contributed by atoms with Crippen molar-refractivity contribution in [2.45, 2.75) is 39.8 Å². The Morgan fingerprint density at radius 2 is 2.05 bits per heavy atom. The maximum absolute atomic E-state index is 4.47. The fourth-order valence-electron chi connectivity index (χ4n) is 2.11. The molecular formula is C14H21N5. The molecule has 0 saturated heterocycles. The molecule has 0 aliphatic heterocycles. The van der Waals surface area contributed by atoms with Gasteiger partial charge in [-0.1, -0.05) is 6.92 Å². The lowest BCUT2D eigenvalue weighted by molar-refractivity contribution is 0.509. The zero-order valence-corrected chi connectivity index (χ0v) is 11.8. The number of nitrogens with zero attached hydrogens (tertiary/aromatic N) is 4. The van der Waals surface area contributed by atoms with Gasteiger partial charge in [0.2, 0.25) is 0 Å². The van der Waals surface area contributed by atoms with Gasteiger partial charge >= 0.3 is 0 Å². The van der Waals surface area contributed by atoms with Gasteiger partial charge in [0.05, 0.1) is 23.6 Å². The summed E-state index contributed by atoms with van der Waals surface area (Å²) in [4.78, 5) is 13.2. The molecule has 0 aliphatic rings. The Labute approximate surface area is 114 Å². The van der Waals surface area contributed by atoms with Crippen LogP contribution in [-0.4, -0.2) is 26.1 Å².